The first-order valence-electron chi connectivity index (χ1n) is 5.51. The summed E-state index contributed by atoms with van der Waals surface area (Å²) in [4.78, 5) is 21.6. The number of carbonyl (C=O) groups excluding carboxylic acids is 1. The molecule has 0 aromatic heterocycles. The standard InChI is InChI=1S/C11H12F3N3O3/c1-6(5-11(12,13)14)16-10(18)7-2-3-8(15)9(4-7)17(19)20/h2-4,6H,5,15H2,1H3,(H,16,18). The third-order valence-electron chi connectivity index (χ3n) is 2.40. The first-order valence-corrected chi connectivity index (χ1v) is 5.51. The van der Waals surface area contributed by atoms with Crippen LogP contribution in [0.1, 0.15) is 23.7 Å². The molecule has 0 saturated heterocycles. The second kappa shape index (κ2) is 5.76. The molecule has 1 atom stereocenters. The molecule has 1 aromatic carbocycles. The third kappa shape index (κ3) is 4.41. The minimum absolute atomic E-state index is 0.125. The van der Waals surface area contributed by atoms with Gasteiger partial charge in [0.1, 0.15) is 5.69 Å². The highest BCUT2D eigenvalue weighted by Gasteiger charge is 2.30. The zero-order chi connectivity index (χ0) is 15.5. The number of nitrogen functional groups attached to an aromatic ring is 1. The van der Waals surface area contributed by atoms with Crippen molar-refractivity contribution < 1.29 is 22.9 Å². The first-order chi connectivity index (χ1) is 9.10. The highest BCUT2D eigenvalue weighted by molar-refractivity contribution is 5.95. The SMILES string of the molecule is CC(CC(F)(F)F)NC(=O)c1ccc(N)c([N+](=O)[O-])c1. The molecule has 0 aliphatic heterocycles. The molecule has 0 bridgehead atoms. The Balaban J connectivity index is 2.83. The lowest BCUT2D eigenvalue weighted by molar-refractivity contribution is -0.383. The minimum Gasteiger partial charge on any atom is -0.393 e. The van der Waals surface area contributed by atoms with Crippen LogP contribution in [-0.2, 0) is 0 Å². The van der Waals surface area contributed by atoms with Gasteiger partial charge in [-0.05, 0) is 19.1 Å². The third-order valence-corrected chi connectivity index (χ3v) is 2.40. The number of nitrogens with two attached hydrogens (primary N) is 1. The van der Waals surface area contributed by atoms with Crippen LogP contribution in [-0.4, -0.2) is 23.0 Å². The summed E-state index contributed by atoms with van der Waals surface area (Å²) in [6, 6.07) is 2.14. The number of nitro groups is 1. The maximum absolute atomic E-state index is 12.1. The number of hydrogen-bond donors (Lipinski definition) is 2. The molecule has 0 heterocycles. The Bertz CT molecular complexity index is 531. The molecule has 110 valence electrons. The number of hydrogen-bond acceptors (Lipinski definition) is 4. The van der Waals surface area contributed by atoms with E-state index in [0.29, 0.717) is 0 Å². The summed E-state index contributed by atoms with van der Waals surface area (Å²) in [5.74, 6) is -0.829. The number of carbonyl (C=O) groups is 1. The van der Waals surface area contributed by atoms with Crippen LogP contribution >= 0.6 is 0 Å². The molecule has 0 fully saturated rings. The normalized spacial score (nSPS) is 12.8. The van der Waals surface area contributed by atoms with Crippen LogP contribution in [0.5, 0.6) is 0 Å². The Hall–Kier alpha value is -2.32. The molecule has 1 aromatic rings. The van der Waals surface area contributed by atoms with Crippen LogP contribution in [0.25, 0.3) is 0 Å². The molecule has 0 radical (unpaired) electrons. The largest absolute Gasteiger partial charge is 0.393 e. The van der Waals surface area contributed by atoms with Crippen LogP contribution in [0.4, 0.5) is 24.5 Å². The molecule has 1 rings (SSSR count). The number of halogens is 3. The van der Waals surface area contributed by atoms with Gasteiger partial charge in [0.25, 0.3) is 11.6 Å². The van der Waals surface area contributed by atoms with E-state index in [-0.39, 0.29) is 11.3 Å². The number of nitrogens with one attached hydrogen (secondary N) is 1. The van der Waals surface area contributed by atoms with Crippen molar-refractivity contribution in [1.29, 1.82) is 0 Å². The molecule has 1 unspecified atom stereocenters. The Labute approximate surface area is 111 Å². The molecule has 0 spiro atoms. The second-order valence-corrected chi connectivity index (χ2v) is 4.22. The minimum atomic E-state index is -4.40. The summed E-state index contributed by atoms with van der Waals surface area (Å²) < 4.78 is 36.4. The van der Waals surface area contributed by atoms with Gasteiger partial charge in [-0.3, -0.25) is 14.9 Å². The van der Waals surface area contributed by atoms with Crippen molar-refractivity contribution in [3.63, 3.8) is 0 Å². The number of nitrogens with zero attached hydrogens (tertiary/aromatic N) is 1. The molecule has 1 amide bonds. The average molecular weight is 291 g/mol. The highest BCUT2D eigenvalue weighted by Crippen LogP contribution is 2.23. The van der Waals surface area contributed by atoms with Crippen molar-refractivity contribution in [2.75, 3.05) is 5.73 Å². The lowest BCUT2D eigenvalue weighted by atomic mass is 10.1. The number of rotatable bonds is 4. The van der Waals surface area contributed by atoms with E-state index in [1.165, 1.54) is 13.0 Å². The maximum Gasteiger partial charge on any atom is 0.391 e. The number of alkyl halides is 3. The van der Waals surface area contributed by atoms with E-state index in [1.807, 2.05) is 0 Å². The van der Waals surface area contributed by atoms with Crippen molar-refractivity contribution in [2.45, 2.75) is 25.6 Å². The van der Waals surface area contributed by atoms with Crippen molar-refractivity contribution in [1.82, 2.24) is 5.32 Å². The molecular weight excluding hydrogens is 279 g/mol. The van der Waals surface area contributed by atoms with E-state index in [1.54, 1.807) is 0 Å². The van der Waals surface area contributed by atoms with Gasteiger partial charge in [0.2, 0.25) is 0 Å². The second-order valence-electron chi connectivity index (χ2n) is 4.22. The van der Waals surface area contributed by atoms with Gasteiger partial charge in [0.05, 0.1) is 11.3 Å². The quantitative estimate of drug-likeness (QED) is 0.505. The summed E-state index contributed by atoms with van der Waals surface area (Å²) in [5, 5.41) is 12.8. The van der Waals surface area contributed by atoms with Crippen molar-refractivity contribution in [3.8, 4) is 0 Å². The van der Waals surface area contributed by atoms with E-state index in [0.717, 1.165) is 12.1 Å². The number of anilines is 1. The van der Waals surface area contributed by atoms with Crippen molar-refractivity contribution >= 4 is 17.3 Å². The van der Waals surface area contributed by atoms with Crippen LogP contribution in [0.2, 0.25) is 0 Å². The number of amides is 1. The van der Waals surface area contributed by atoms with E-state index < -0.39 is 35.2 Å². The monoisotopic (exact) mass is 291 g/mol. The fourth-order valence-electron chi connectivity index (χ4n) is 1.55. The fourth-order valence-corrected chi connectivity index (χ4v) is 1.55. The molecule has 0 aliphatic carbocycles. The lowest BCUT2D eigenvalue weighted by Gasteiger charge is -2.15. The average Bonchev–Trinajstić information content (AvgIpc) is 2.26. The maximum atomic E-state index is 12.1. The van der Waals surface area contributed by atoms with Crippen LogP contribution in [0.15, 0.2) is 18.2 Å². The van der Waals surface area contributed by atoms with Gasteiger partial charge in [-0.25, -0.2) is 0 Å². The predicted molar refractivity (Wildman–Crippen MR) is 65.1 cm³/mol. The van der Waals surface area contributed by atoms with Crippen LogP contribution in [0, 0.1) is 10.1 Å². The first kappa shape index (κ1) is 15.7. The fraction of sp³-hybridized carbons (Fsp3) is 0.364. The summed E-state index contributed by atoms with van der Waals surface area (Å²) in [5.41, 5.74) is 4.63. The predicted octanol–water partition coefficient (Wildman–Crippen LogP) is 2.25. The number of benzene rings is 1. The summed E-state index contributed by atoms with van der Waals surface area (Å²) in [6.07, 6.45) is -5.59. The van der Waals surface area contributed by atoms with Gasteiger partial charge < -0.3 is 11.1 Å². The van der Waals surface area contributed by atoms with Gasteiger partial charge in [-0.15, -0.1) is 0 Å². The van der Waals surface area contributed by atoms with Gasteiger partial charge in [-0.1, -0.05) is 0 Å². The molecule has 6 nitrogen and oxygen atoms in total. The zero-order valence-electron chi connectivity index (χ0n) is 10.4. The summed E-state index contributed by atoms with van der Waals surface area (Å²) in [6.45, 7) is 1.19. The zero-order valence-corrected chi connectivity index (χ0v) is 10.4. The summed E-state index contributed by atoms with van der Waals surface area (Å²) >= 11 is 0. The van der Waals surface area contributed by atoms with Gasteiger partial charge >= 0.3 is 6.18 Å². The molecule has 0 saturated carbocycles. The number of nitro benzene ring substituents is 1. The van der Waals surface area contributed by atoms with E-state index in [2.05, 4.69) is 5.32 Å². The molecular formula is C11H12F3N3O3. The Morgan fingerprint density at radius 2 is 2.10 bits per heavy atom. The highest BCUT2D eigenvalue weighted by atomic mass is 19.4. The smallest absolute Gasteiger partial charge is 0.391 e. The van der Waals surface area contributed by atoms with Gasteiger partial charge in [0, 0.05) is 17.7 Å². The molecule has 0 aliphatic rings. The van der Waals surface area contributed by atoms with Gasteiger partial charge in [-0.2, -0.15) is 13.2 Å². The van der Waals surface area contributed by atoms with E-state index >= 15 is 0 Å². The molecule has 3 N–H and O–H groups in total. The van der Waals surface area contributed by atoms with Crippen molar-refractivity contribution in [2.24, 2.45) is 0 Å². The van der Waals surface area contributed by atoms with Gasteiger partial charge in [0.15, 0.2) is 0 Å². The topological polar surface area (TPSA) is 98.3 Å². The van der Waals surface area contributed by atoms with Crippen LogP contribution in [0.3, 0.4) is 0 Å². The van der Waals surface area contributed by atoms with Crippen molar-refractivity contribution in [3.05, 3.63) is 33.9 Å². The van der Waals surface area contributed by atoms with Crippen LogP contribution < -0.4 is 11.1 Å². The Kier molecular flexibility index (Phi) is 4.53. The molecule has 20 heavy (non-hydrogen) atoms. The van der Waals surface area contributed by atoms with E-state index in [9.17, 15) is 28.1 Å². The Morgan fingerprint density at radius 3 is 2.60 bits per heavy atom. The van der Waals surface area contributed by atoms with E-state index in [4.69, 9.17) is 5.73 Å². The lowest BCUT2D eigenvalue weighted by Crippen LogP contribution is -2.35. The Morgan fingerprint density at radius 1 is 1.50 bits per heavy atom. The molecule has 9 heteroatoms. The summed E-state index contributed by atoms with van der Waals surface area (Å²) in [7, 11) is 0.